The second-order valence-corrected chi connectivity index (χ2v) is 9.01. The van der Waals surface area contributed by atoms with E-state index in [1.165, 1.54) is 6.07 Å². The minimum atomic E-state index is -3.85. The zero-order chi connectivity index (χ0) is 19.4. The quantitative estimate of drug-likeness (QED) is 0.718. The molecule has 0 aromatic heterocycles. The largest absolute Gasteiger partial charge is 0.377 e. The summed E-state index contributed by atoms with van der Waals surface area (Å²) in [6.07, 6.45) is 2.34. The van der Waals surface area contributed by atoms with Gasteiger partial charge in [-0.05, 0) is 49.6 Å². The molecule has 1 heterocycles. The Labute approximate surface area is 163 Å². The maximum absolute atomic E-state index is 12.7. The molecule has 1 fully saturated rings. The van der Waals surface area contributed by atoms with Crippen LogP contribution in [0.2, 0.25) is 0 Å². The van der Waals surface area contributed by atoms with Gasteiger partial charge in [0, 0.05) is 22.9 Å². The lowest BCUT2D eigenvalue weighted by molar-refractivity contribution is 0.102. The molecule has 0 saturated carbocycles. The fourth-order valence-corrected chi connectivity index (χ4v) is 4.85. The predicted molar refractivity (Wildman–Crippen MR) is 107 cm³/mol. The highest BCUT2D eigenvalue weighted by molar-refractivity contribution is 7.99. The highest BCUT2D eigenvalue weighted by atomic mass is 32.2. The molecule has 2 aromatic carbocycles. The molecule has 144 valence electrons. The van der Waals surface area contributed by atoms with Crippen molar-refractivity contribution in [1.29, 1.82) is 0 Å². The molecular weight excluding hydrogens is 384 g/mol. The van der Waals surface area contributed by atoms with Gasteiger partial charge in [0.05, 0.1) is 16.6 Å². The Hall–Kier alpha value is -1.87. The van der Waals surface area contributed by atoms with Crippen molar-refractivity contribution in [2.75, 3.05) is 17.7 Å². The Morgan fingerprint density at radius 3 is 2.78 bits per heavy atom. The third kappa shape index (κ3) is 5.10. The number of hydrogen-bond acceptors (Lipinski definition) is 5. The van der Waals surface area contributed by atoms with Crippen LogP contribution < -0.4 is 10.5 Å². The summed E-state index contributed by atoms with van der Waals surface area (Å²) < 4.78 is 29.0. The molecule has 1 aliphatic heterocycles. The van der Waals surface area contributed by atoms with E-state index in [9.17, 15) is 13.2 Å². The number of carbonyl (C=O) groups excluding carboxylic acids is 1. The van der Waals surface area contributed by atoms with Crippen molar-refractivity contribution in [2.24, 2.45) is 5.14 Å². The molecule has 1 atom stereocenters. The standard InChI is InChI=1S/C19H22N2O4S2/c1-13-8-9-14(11-18(13)27(20,23)24)21-19(22)16-6-2-3-7-17(16)26-12-15-5-4-10-25-15/h2-3,6-9,11,15H,4-5,10,12H2,1H3,(H,21,22)(H2,20,23,24). The van der Waals surface area contributed by atoms with Crippen molar-refractivity contribution in [3.05, 3.63) is 53.6 Å². The Bertz CT molecular complexity index is 938. The third-order valence-corrected chi connectivity index (χ3v) is 6.59. The van der Waals surface area contributed by atoms with Crippen molar-refractivity contribution in [3.63, 3.8) is 0 Å². The number of rotatable bonds is 6. The number of primary sulfonamides is 1. The first-order chi connectivity index (χ1) is 12.8. The first kappa shape index (κ1) is 19.9. The van der Waals surface area contributed by atoms with Crippen LogP contribution in [0.3, 0.4) is 0 Å². The monoisotopic (exact) mass is 406 g/mol. The first-order valence-corrected chi connectivity index (χ1v) is 11.2. The first-order valence-electron chi connectivity index (χ1n) is 8.63. The molecule has 8 heteroatoms. The Kier molecular flexibility index (Phi) is 6.21. The molecule has 3 N–H and O–H groups in total. The number of benzene rings is 2. The van der Waals surface area contributed by atoms with Gasteiger partial charge in [-0.2, -0.15) is 0 Å². The highest BCUT2D eigenvalue weighted by Gasteiger charge is 2.19. The number of nitrogens with one attached hydrogen (secondary N) is 1. The molecule has 1 aliphatic rings. The van der Waals surface area contributed by atoms with Gasteiger partial charge in [0.25, 0.3) is 5.91 Å². The zero-order valence-electron chi connectivity index (χ0n) is 15.0. The van der Waals surface area contributed by atoms with Crippen molar-refractivity contribution < 1.29 is 17.9 Å². The Morgan fingerprint density at radius 2 is 2.07 bits per heavy atom. The Morgan fingerprint density at radius 1 is 1.30 bits per heavy atom. The number of ether oxygens (including phenoxy) is 1. The maximum atomic E-state index is 12.7. The van der Waals surface area contributed by atoms with E-state index in [2.05, 4.69) is 5.32 Å². The average Bonchev–Trinajstić information content (AvgIpc) is 3.14. The van der Waals surface area contributed by atoms with Crippen LogP contribution in [0.15, 0.2) is 52.3 Å². The number of hydrogen-bond donors (Lipinski definition) is 2. The minimum absolute atomic E-state index is 0.00124. The topological polar surface area (TPSA) is 98.5 Å². The lowest BCUT2D eigenvalue weighted by Gasteiger charge is -2.13. The molecule has 1 saturated heterocycles. The fraction of sp³-hybridized carbons (Fsp3) is 0.316. The van der Waals surface area contributed by atoms with Crippen LogP contribution in [0.1, 0.15) is 28.8 Å². The third-order valence-electron chi connectivity index (χ3n) is 4.33. The molecule has 1 unspecified atom stereocenters. The number of carbonyl (C=O) groups is 1. The average molecular weight is 407 g/mol. The summed E-state index contributed by atoms with van der Waals surface area (Å²) in [6, 6.07) is 12.0. The van der Waals surface area contributed by atoms with Gasteiger partial charge in [-0.25, -0.2) is 13.6 Å². The number of aryl methyl sites for hydroxylation is 1. The van der Waals surface area contributed by atoms with E-state index in [4.69, 9.17) is 9.88 Å². The molecule has 0 bridgehead atoms. The van der Waals surface area contributed by atoms with Crippen LogP contribution in [-0.2, 0) is 14.8 Å². The summed E-state index contributed by atoms with van der Waals surface area (Å²) in [5.41, 5.74) is 1.45. The van der Waals surface area contributed by atoms with E-state index in [-0.39, 0.29) is 16.9 Å². The van der Waals surface area contributed by atoms with E-state index < -0.39 is 10.0 Å². The van der Waals surface area contributed by atoms with Gasteiger partial charge in [0.15, 0.2) is 0 Å². The van der Waals surface area contributed by atoms with Gasteiger partial charge in [0.1, 0.15) is 0 Å². The number of anilines is 1. The second kappa shape index (κ2) is 8.43. The van der Waals surface area contributed by atoms with E-state index in [0.29, 0.717) is 16.8 Å². The molecule has 1 amide bonds. The summed E-state index contributed by atoms with van der Waals surface area (Å²) >= 11 is 1.59. The SMILES string of the molecule is Cc1ccc(NC(=O)c2ccccc2SCC2CCCO2)cc1S(N)(=O)=O. The summed E-state index contributed by atoms with van der Waals surface area (Å²) in [5, 5.41) is 8.00. The summed E-state index contributed by atoms with van der Waals surface area (Å²) in [7, 11) is -3.85. The summed E-state index contributed by atoms with van der Waals surface area (Å²) in [5.74, 6) is 0.499. The molecule has 0 aliphatic carbocycles. The van der Waals surface area contributed by atoms with Crippen LogP contribution in [-0.4, -0.2) is 32.8 Å². The van der Waals surface area contributed by atoms with E-state index >= 15 is 0 Å². The van der Waals surface area contributed by atoms with Gasteiger partial charge in [-0.15, -0.1) is 11.8 Å². The lowest BCUT2D eigenvalue weighted by Crippen LogP contribution is -2.16. The second-order valence-electron chi connectivity index (χ2n) is 6.42. The molecule has 3 rings (SSSR count). The van der Waals surface area contributed by atoms with E-state index in [1.807, 2.05) is 12.1 Å². The predicted octanol–water partition coefficient (Wildman–Crippen LogP) is 3.17. The number of amides is 1. The van der Waals surface area contributed by atoms with Crippen LogP contribution in [0.25, 0.3) is 0 Å². The maximum Gasteiger partial charge on any atom is 0.256 e. The highest BCUT2D eigenvalue weighted by Crippen LogP contribution is 2.28. The van der Waals surface area contributed by atoms with Crippen LogP contribution >= 0.6 is 11.8 Å². The van der Waals surface area contributed by atoms with E-state index in [1.54, 1.807) is 43.0 Å². The molecule has 0 radical (unpaired) electrons. The Balaban J connectivity index is 1.76. The van der Waals surface area contributed by atoms with Gasteiger partial charge >= 0.3 is 0 Å². The number of sulfonamides is 1. The number of nitrogens with two attached hydrogens (primary N) is 1. The fourth-order valence-electron chi connectivity index (χ4n) is 2.92. The molecule has 2 aromatic rings. The van der Waals surface area contributed by atoms with Gasteiger partial charge in [0.2, 0.25) is 10.0 Å². The zero-order valence-corrected chi connectivity index (χ0v) is 16.6. The molecule has 27 heavy (non-hydrogen) atoms. The number of thioether (sulfide) groups is 1. The van der Waals surface area contributed by atoms with Crippen molar-refractivity contribution in [2.45, 2.75) is 35.7 Å². The van der Waals surface area contributed by atoms with Crippen molar-refractivity contribution in [3.8, 4) is 0 Å². The normalized spacial score (nSPS) is 17.0. The molecule has 0 spiro atoms. The summed E-state index contributed by atoms with van der Waals surface area (Å²) in [4.78, 5) is 13.6. The minimum Gasteiger partial charge on any atom is -0.377 e. The smallest absolute Gasteiger partial charge is 0.256 e. The lowest BCUT2D eigenvalue weighted by atomic mass is 10.2. The van der Waals surface area contributed by atoms with Crippen molar-refractivity contribution in [1.82, 2.24) is 0 Å². The van der Waals surface area contributed by atoms with Crippen molar-refractivity contribution >= 4 is 33.4 Å². The van der Waals surface area contributed by atoms with Crippen LogP contribution in [0.4, 0.5) is 5.69 Å². The van der Waals surface area contributed by atoms with Gasteiger partial charge < -0.3 is 10.1 Å². The molecule has 6 nitrogen and oxygen atoms in total. The van der Waals surface area contributed by atoms with E-state index in [0.717, 1.165) is 30.1 Å². The van der Waals surface area contributed by atoms with Crippen LogP contribution in [0, 0.1) is 6.92 Å². The van der Waals surface area contributed by atoms with Gasteiger partial charge in [-0.3, -0.25) is 4.79 Å². The molecular formula is C19H22N2O4S2. The van der Waals surface area contributed by atoms with Gasteiger partial charge in [-0.1, -0.05) is 18.2 Å². The van der Waals surface area contributed by atoms with Crippen LogP contribution in [0.5, 0.6) is 0 Å². The summed E-state index contributed by atoms with van der Waals surface area (Å²) in [6.45, 7) is 2.45.